The maximum absolute atomic E-state index is 4.72. The van der Waals surface area contributed by atoms with E-state index in [0.717, 1.165) is 41.8 Å². The van der Waals surface area contributed by atoms with Crippen molar-refractivity contribution in [2.24, 2.45) is 0 Å². The Kier molecular flexibility index (Phi) is 4.78. The zero-order valence-corrected chi connectivity index (χ0v) is 14.4. The summed E-state index contributed by atoms with van der Waals surface area (Å²) in [5.74, 6) is 0. The Morgan fingerprint density at radius 3 is 2.54 bits per heavy atom. The lowest BCUT2D eigenvalue weighted by Gasteiger charge is -2.04. The predicted octanol–water partition coefficient (Wildman–Crippen LogP) is 4.03. The quantitative estimate of drug-likeness (QED) is 0.531. The van der Waals surface area contributed by atoms with Crippen LogP contribution < -0.4 is 0 Å². The first kappa shape index (κ1) is 16.1. The highest BCUT2D eigenvalue weighted by molar-refractivity contribution is 5.70. The van der Waals surface area contributed by atoms with Crippen molar-refractivity contribution in [1.82, 2.24) is 24.7 Å². The third-order valence-corrected chi connectivity index (χ3v) is 4.27. The van der Waals surface area contributed by atoms with Crippen molar-refractivity contribution in [3.8, 4) is 22.4 Å². The van der Waals surface area contributed by atoms with E-state index in [9.17, 15) is 0 Å². The predicted molar refractivity (Wildman–Crippen MR) is 101 cm³/mol. The van der Waals surface area contributed by atoms with Crippen LogP contribution in [0.1, 0.15) is 12.0 Å². The smallest absolute Gasteiger partial charge is 0.115 e. The van der Waals surface area contributed by atoms with Gasteiger partial charge in [-0.1, -0.05) is 24.3 Å². The van der Waals surface area contributed by atoms with Crippen LogP contribution >= 0.6 is 0 Å². The van der Waals surface area contributed by atoms with E-state index in [1.807, 2.05) is 41.6 Å². The van der Waals surface area contributed by atoms with Crippen LogP contribution in [0.2, 0.25) is 0 Å². The largest absolute Gasteiger partial charge is 0.272 e. The molecule has 4 aromatic rings. The van der Waals surface area contributed by atoms with Crippen molar-refractivity contribution < 1.29 is 0 Å². The molecule has 0 fully saturated rings. The van der Waals surface area contributed by atoms with Gasteiger partial charge in [-0.3, -0.25) is 9.67 Å². The third-order valence-electron chi connectivity index (χ3n) is 4.27. The molecule has 0 aliphatic carbocycles. The summed E-state index contributed by atoms with van der Waals surface area (Å²) in [5.41, 5.74) is 5.43. The summed E-state index contributed by atoms with van der Waals surface area (Å²) in [6, 6.07) is 14.5. The van der Waals surface area contributed by atoms with Crippen LogP contribution in [0.25, 0.3) is 22.4 Å². The van der Waals surface area contributed by atoms with E-state index in [-0.39, 0.29) is 0 Å². The van der Waals surface area contributed by atoms with Crippen molar-refractivity contribution in [1.29, 1.82) is 0 Å². The fraction of sp³-hybridized carbons (Fsp3) is 0.143. The molecule has 0 spiro atoms. The minimum atomic E-state index is 0.890. The minimum Gasteiger partial charge on any atom is -0.272 e. The number of hydrogen-bond acceptors (Lipinski definition) is 4. The highest BCUT2D eigenvalue weighted by atomic mass is 15.3. The first-order valence-corrected chi connectivity index (χ1v) is 8.67. The highest BCUT2D eigenvalue weighted by Gasteiger charge is 2.05. The molecule has 4 rings (SSSR count). The molecule has 128 valence electrons. The normalized spacial score (nSPS) is 10.8. The Morgan fingerprint density at radius 2 is 1.69 bits per heavy atom. The summed E-state index contributed by atoms with van der Waals surface area (Å²) in [4.78, 5) is 12.3. The molecular formula is C21H19N5. The molecule has 26 heavy (non-hydrogen) atoms. The van der Waals surface area contributed by atoms with Crippen LogP contribution in [0, 0.1) is 0 Å². The highest BCUT2D eigenvalue weighted by Crippen LogP contribution is 2.24. The fourth-order valence-corrected chi connectivity index (χ4v) is 2.94. The molecule has 3 heterocycles. The Hall–Kier alpha value is -3.34. The molecule has 0 saturated carbocycles. The van der Waals surface area contributed by atoms with E-state index < -0.39 is 0 Å². The molecule has 5 nitrogen and oxygen atoms in total. The summed E-state index contributed by atoms with van der Waals surface area (Å²) >= 11 is 0. The van der Waals surface area contributed by atoms with Crippen molar-refractivity contribution in [2.45, 2.75) is 19.4 Å². The number of rotatable bonds is 6. The molecule has 1 aromatic carbocycles. The van der Waals surface area contributed by atoms with Gasteiger partial charge in [0.25, 0.3) is 0 Å². The summed E-state index contributed by atoms with van der Waals surface area (Å²) in [6.45, 7) is 0.890. The number of hydrogen-bond donors (Lipinski definition) is 0. The standard InChI is InChI=1S/C21H19N5/c1-6-18(20-14-23-16-24-15-20)12-19(7-1)21-8-11-26(25-21)10-3-5-17-4-2-9-22-13-17/h1-2,4,6-9,11-16H,3,5,10H2. The Bertz CT molecular complexity index is 964. The SMILES string of the molecule is c1cncc(CCCn2ccc(-c3cccc(-c4cncnc4)c3)n2)c1. The van der Waals surface area contributed by atoms with Crippen LogP contribution in [0.4, 0.5) is 0 Å². The molecule has 0 unspecified atom stereocenters. The molecule has 0 bridgehead atoms. The van der Waals surface area contributed by atoms with Crippen LogP contribution in [-0.4, -0.2) is 24.7 Å². The molecule has 5 heteroatoms. The monoisotopic (exact) mass is 341 g/mol. The van der Waals surface area contributed by atoms with Crippen LogP contribution in [-0.2, 0) is 13.0 Å². The molecule has 0 N–H and O–H groups in total. The second-order valence-electron chi connectivity index (χ2n) is 6.14. The summed E-state index contributed by atoms with van der Waals surface area (Å²) in [7, 11) is 0. The average Bonchev–Trinajstić information content (AvgIpc) is 3.19. The van der Waals surface area contributed by atoms with E-state index in [4.69, 9.17) is 5.10 Å². The van der Waals surface area contributed by atoms with E-state index in [2.05, 4.69) is 45.3 Å². The first-order valence-electron chi connectivity index (χ1n) is 8.67. The van der Waals surface area contributed by atoms with Gasteiger partial charge in [-0.25, -0.2) is 9.97 Å². The number of benzene rings is 1. The molecule has 0 saturated heterocycles. The lowest BCUT2D eigenvalue weighted by Crippen LogP contribution is -2.00. The Labute approximate surface area is 152 Å². The van der Waals surface area contributed by atoms with Gasteiger partial charge >= 0.3 is 0 Å². The third kappa shape index (κ3) is 3.83. The van der Waals surface area contributed by atoms with E-state index in [1.165, 1.54) is 5.56 Å². The van der Waals surface area contributed by atoms with Gasteiger partial charge in [0.1, 0.15) is 6.33 Å². The van der Waals surface area contributed by atoms with Gasteiger partial charge in [-0.15, -0.1) is 0 Å². The van der Waals surface area contributed by atoms with Crippen molar-refractivity contribution in [2.75, 3.05) is 0 Å². The average molecular weight is 341 g/mol. The summed E-state index contributed by atoms with van der Waals surface area (Å²) < 4.78 is 2.00. The van der Waals surface area contributed by atoms with E-state index in [1.54, 1.807) is 12.5 Å². The number of aromatic nitrogens is 5. The van der Waals surface area contributed by atoms with Crippen molar-refractivity contribution >= 4 is 0 Å². The van der Waals surface area contributed by atoms with Crippen LogP contribution in [0.15, 0.2) is 79.8 Å². The molecule has 0 aliphatic heterocycles. The lowest BCUT2D eigenvalue weighted by atomic mass is 10.0. The molecule has 0 amide bonds. The lowest BCUT2D eigenvalue weighted by molar-refractivity contribution is 0.580. The van der Waals surface area contributed by atoms with E-state index >= 15 is 0 Å². The fourth-order valence-electron chi connectivity index (χ4n) is 2.94. The zero-order chi connectivity index (χ0) is 17.6. The van der Waals surface area contributed by atoms with Gasteiger partial charge in [-0.05, 0) is 42.2 Å². The minimum absolute atomic E-state index is 0.890. The maximum Gasteiger partial charge on any atom is 0.115 e. The second kappa shape index (κ2) is 7.70. The first-order chi connectivity index (χ1) is 12.9. The van der Waals surface area contributed by atoms with Gasteiger partial charge in [0.2, 0.25) is 0 Å². The van der Waals surface area contributed by atoms with Gasteiger partial charge in [0.15, 0.2) is 0 Å². The molecular weight excluding hydrogens is 322 g/mol. The van der Waals surface area contributed by atoms with Crippen molar-refractivity contribution in [3.63, 3.8) is 0 Å². The van der Waals surface area contributed by atoms with Gasteiger partial charge in [0.05, 0.1) is 5.69 Å². The zero-order valence-electron chi connectivity index (χ0n) is 14.4. The maximum atomic E-state index is 4.72. The molecule has 0 atom stereocenters. The number of aryl methyl sites for hydroxylation is 2. The number of pyridine rings is 1. The Balaban J connectivity index is 1.44. The van der Waals surface area contributed by atoms with Crippen LogP contribution in [0.3, 0.4) is 0 Å². The summed E-state index contributed by atoms with van der Waals surface area (Å²) in [5, 5.41) is 4.72. The number of nitrogens with zero attached hydrogens (tertiary/aromatic N) is 5. The van der Waals surface area contributed by atoms with E-state index in [0.29, 0.717) is 0 Å². The van der Waals surface area contributed by atoms with Crippen LogP contribution in [0.5, 0.6) is 0 Å². The van der Waals surface area contributed by atoms with Gasteiger partial charge in [0, 0.05) is 48.7 Å². The Morgan fingerprint density at radius 1 is 0.808 bits per heavy atom. The molecule has 0 aliphatic rings. The van der Waals surface area contributed by atoms with Gasteiger partial charge in [-0.2, -0.15) is 5.10 Å². The van der Waals surface area contributed by atoms with Gasteiger partial charge < -0.3 is 0 Å². The topological polar surface area (TPSA) is 56.5 Å². The van der Waals surface area contributed by atoms with Crippen molar-refractivity contribution in [3.05, 3.63) is 85.3 Å². The molecule has 3 aromatic heterocycles. The summed E-state index contributed by atoms with van der Waals surface area (Å²) in [6.07, 6.45) is 13.0. The molecule has 0 radical (unpaired) electrons. The second-order valence-corrected chi connectivity index (χ2v) is 6.14.